The number of ketones is 1. The van der Waals surface area contributed by atoms with Crippen molar-refractivity contribution < 1.29 is 23.8 Å². The molecule has 0 aliphatic carbocycles. The van der Waals surface area contributed by atoms with E-state index < -0.39 is 23.5 Å². The zero-order chi connectivity index (χ0) is 24.7. The maximum atomic E-state index is 13.8. The summed E-state index contributed by atoms with van der Waals surface area (Å²) < 4.78 is 12.2. The maximum absolute atomic E-state index is 13.8. The third-order valence-electron chi connectivity index (χ3n) is 6.21. The first-order valence-corrected chi connectivity index (χ1v) is 11.9. The number of amides is 1. The van der Waals surface area contributed by atoms with E-state index >= 15 is 0 Å². The highest BCUT2D eigenvalue weighted by Crippen LogP contribution is 2.45. The fraction of sp³-hybridized carbons (Fsp3) is 0.143. The van der Waals surface area contributed by atoms with Crippen LogP contribution in [0.1, 0.15) is 34.6 Å². The van der Waals surface area contributed by atoms with Crippen LogP contribution in [0.5, 0.6) is 5.75 Å². The number of halogens is 1. The molecule has 0 fully saturated rings. The topological polar surface area (TPSA) is 80.0 Å². The number of carbonyl (C=O) groups excluding carboxylic acids is 2. The summed E-state index contributed by atoms with van der Waals surface area (Å²) >= 11 is 3.42. The van der Waals surface area contributed by atoms with Gasteiger partial charge >= 0.3 is 0 Å². The van der Waals surface area contributed by atoms with Crippen LogP contribution in [-0.4, -0.2) is 23.9 Å². The van der Waals surface area contributed by atoms with Crippen molar-refractivity contribution in [1.29, 1.82) is 0 Å². The average Bonchev–Trinajstić information content (AvgIpc) is 3.42. The number of benzene rings is 3. The van der Waals surface area contributed by atoms with E-state index in [0.717, 1.165) is 21.8 Å². The first-order chi connectivity index (χ1) is 16.9. The molecule has 0 spiro atoms. The molecule has 0 bridgehead atoms. The minimum absolute atomic E-state index is 0.0375. The predicted molar refractivity (Wildman–Crippen MR) is 137 cm³/mol. The van der Waals surface area contributed by atoms with Gasteiger partial charge in [-0.05, 0) is 54.4 Å². The molecule has 5 rings (SSSR count). The van der Waals surface area contributed by atoms with Gasteiger partial charge in [0, 0.05) is 21.1 Å². The molecule has 1 amide bonds. The zero-order valence-electron chi connectivity index (χ0n) is 19.1. The van der Waals surface area contributed by atoms with Gasteiger partial charge in [0.25, 0.3) is 5.91 Å². The van der Waals surface area contributed by atoms with Crippen molar-refractivity contribution >= 4 is 44.3 Å². The van der Waals surface area contributed by atoms with E-state index in [-0.39, 0.29) is 11.3 Å². The predicted octanol–water partition coefficient (Wildman–Crippen LogP) is 6.55. The van der Waals surface area contributed by atoms with Gasteiger partial charge in [0.05, 0.1) is 18.7 Å². The second kappa shape index (κ2) is 9.07. The Kier molecular flexibility index (Phi) is 5.94. The van der Waals surface area contributed by atoms with Gasteiger partial charge in [-0.3, -0.25) is 14.5 Å². The second-order valence-electron chi connectivity index (χ2n) is 8.22. The summed E-state index contributed by atoms with van der Waals surface area (Å²) in [5.74, 6) is -1.30. The zero-order valence-corrected chi connectivity index (χ0v) is 20.7. The average molecular weight is 532 g/mol. The Labute approximate surface area is 210 Å². The van der Waals surface area contributed by atoms with Gasteiger partial charge < -0.3 is 14.3 Å². The van der Waals surface area contributed by atoms with E-state index in [0.29, 0.717) is 22.6 Å². The van der Waals surface area contributed by atoms with Gasteiger partial charge in [-0.1, -0.05) is 53.2 Å². The highest BCUT2D eigenvalue weighted by atomic mass is 79.9. The molecule has 0 radical (unpaired) electrons. The number of aliphatic hydroxyl groups excluding tert-OH is 1. The molecule has 1 aliphatic heterocycles. The standard InChI is InChI=1S/C28H22BrNO5/c1-3-16-8-11-19(12-9-16)30-25(20-6-4-5-7-22(20)34-2)24(27(32)28(30)33)26(31)23-15-17-14-18(29)10-13-21(17)35-23/h4-15,25,32H,3H2,1-2H3. The normalized spacial score (nSPS) is 15.8. The molecule has 1 unspecified atom stereocenters. The van der Waals surface area contributed by atoms with Crippen LogP contribution >= 0.6 is 15.9 Å². The Morgan fingerprint density at radius 3 is 2.54 bits per heavy atom. The maximum Gasteiger partial charge on any atom is 0.294 e. The molecular weight excluding hydrogens is 510 g/mol. The van der Waals surface area contributed by atoms with Crippen LogP contribution in [0.15, 0.2) is 93.0 Å². The lowest BCUT2D eigenvalue weighted by molar-refractivity contribution is -0.117. The summed E-state index contributed by atoms with van der Waals surface area (Å²) in [5.41, 5.74) is 2.72. The number of carbonyl (C=O) groups is 2. The molecule has 7 heteroatoms. The first-order valence-electron chi connectivity index (χ1n) is 11.1. The Balaban J connectivity index is 1.67. The van der Waals surface area contributed by atoms with Crippen molar-refractivity contribution in [3.8, 4) is 5.75 Å². The van der Waals surface area contributed by atoms with Gasteiger partial charge in [-0.25, -0.2) is 0 Å². The number of para-hydroxylation sites is 1. The quantitative estimate of drug-likeness (QED) is 0.285. The summed E-state index contributed by atoms with van der Waals surface area (Å²) in [7, 11) is 1.53. The molecule has 0 saturated carbocycles. The van der Waals surface area contributed by atoms with Crippen LogP contribution in [0.3, 0.4) is 0 Å². The molecule has 2 heterocycles. The summed E-state index contributed by atoms with van der Waals surface area (Å²) in [6.07, 6.45) is 0.847. The summed E-state index contributed by atoms with van der Waals surface area (Å²) in [6.45, 7) is 2.05. The molecule has 4 aromatic rings. The van der Waals surface area contributed by atoms with Gasteiger partial charge in [0.2, 0.25) is 5.78 Å². The van der Waals surface area contributed by atoms with E-state index in [4.69, 9.17) is 9.15 Å². The number of aryl methyl sites for hydroxylation is 1. The van der Waals surface area contributed by atoms with E-state index in [1.54, 1.807) is 30.3 Å². The van der Waals surface area contributed by atoms with Crippen molar-refractivity contribution in [2.75, 3.05) is 12.0 Å². The molecule has 3 aromatic carbocycles. The van der Waals surface area contributed by atoms with Crippen molar-refractivity contribution in [2.45, 2.75) is 19.4 Å². The summed E-state index contributed by atoms with van der Waals surface area (Å²) in [5, 5.41) is 11.7. The number of furan rings is 1. The fourth-order valence-electron chi connectivity index (χ4n) is 4.44. The van der Waals surface area contributed by atoms with Gasteiger partial charge in [-0.15, -0.1) is 0 Å². The van der Waals surface area contributed by atoms with Crippen molar-refractivity contribution in [1.82, 2.24) is 0 Å². The molecule has 1 aliphatic rings. The van der Waals surface area contributed by atoms with Crippen molar-refractivity contribution in [3.63, 3.8) is 0 Å². The number of ether oxygens (including phenoxy) is 1. The fourth-order valence-corrected chi connectivity index (χ4v) is 4.82. The second-order valence-corrected chi connectivity index (χ2v) is 9.14. The summed E-state index contributed by atoms with van der Waals surface area (Å²) in [4.78, 5) is 28.6. The lowest BCUT2D eigenvalue weighted by atomic mass is 9.94. The van der Waals surface area contributed by atoms with Crippen molar-refractivity contribution in [3.05, 3.63) is 105 Å². The number of Topliss-reactive ketones (excluding diaryl/α,β-unsaturated/α-hetero) is 1. The number of fused-ring (bicyclic) bond motifs is 1. The third-order valence-corrected chi connectivity index (χ3v) is 6.70. The van der Waals surface area contributed by atoms with Gasteiger partial charge in [0.15, 0.2) is 11.5 Å². The minimum atomic E-state index is -0.904. The van der Waals surface area contributed by atoms with Crippen LogP contribution in [0.4, 0.5) is 5.69 Å². The number of rotatable bonds is 6. The number of hydrogen-bond acceptors (Lipinski definition) is 5. The lowest BCUT2D eigenvalue weighted by Crippen LogP contribution is -2.31. The minimum Gasteiger partial charge on any atom is -0.503 e. The molecule has 176 valence electrons. The number of nitrogens with zero attached hydrogens (tertiary/aromatic N) is 1. The van der Waals surface area contributed by atoms with Crippen molar-refractivity contribution in [2.24, 2.45) is 0 Å². The lowest BCUT2D eigenvalue weighted by Gasteiger charge is -2.28. The van der Waals surface area contributed by atoms with Crippen LogP contribution < -0.4 is 9.64 Å². The van der Waals surface area contributed by atoms with E-state index in [2.05, 4.69) is 15.9 Å². The first kappa shape index (κ1) is 22.9. The molecule has 1 N–H and O–H groups in total. The number of methoxy groups -OCH3 is 1. The van der Waals surface area contributed by atoms with E-state index in [1.807, 2.05) is 49.4 Å². The molecule has 35 heavy (non-hydrogen) atoms. The van der Waals surface area contributed by atoms with Gasteiger partial charge in [0.1, 0.15) is 11.3 Å². The highest BCUT2D eigenvalue weighted by Gasteiger charge is 2.46. The van der Waals surface area contributed by atoms with Crippen LogP contribution in [-0.2, 0) is 11.2 Å². The number of hydrogen-bond donors (Lipinski definition) is 1. The third kappa shape index (κ3) is 3.91. The Morgan fingerprint density at radius 2 is 1.83 bits per heavy atom. The SMILES string of the molecule is CCc1ccc(N2C(=O)C(O)=C(C(=O)c3cc4cc(Br)ccc4o3)C2c2ccccc2OC)cc1. The Morgan fingerprint density at radius 1 is 1.09 bits per heavy atom. The highest BCUT2D eigenvalue weighted by molar-refractivity contribution is 9.10. The smallest absolute Gasteiger partial charge is 0.294 e. The van der Waals surface area contributed by atoms with Crippen LogP contribution in [0, 0.1) is 0 Å². The molecule has 0 saturated heterocycles. The Bertz CT molecular complexity index is 1490. The largest absolute Gasteiger partial charge is 0.503 e. The molecule has 1 atom stereocenters. The monoisotopic (exact) mass is 531 g/mol. The summed E-state index contributed by atoms with van der Waals surface area (Å²) in [6, 6.07) is 20.8. The molecular formula is C28H22BrNO5. The Hall–Kier alpha value is -3.84. The molecule has 1 aromatic heterocycles. The van der Waals surface area contributed by atoms with Crippen LogP contribution in [0.2, 0.25) is 0 Å². The number of anilines is 1. The number of aliphatic hydroxyl groups is 1. The van der Waals surface area contributed by atoms with Gasteiger partial charge in [-0.2, -0.15) is 0 Å². The molecule has 6 nitrogen and oxygen atoms in total. The van der Waals surface area contributed by atoms with Crippen LogP contribution in [0.25, 0.3) is 11.0 Å². The van der Waals surface area contributed by atoms with E-state index in [1.165, 1.54) is 12.0 Å². The van der Waals surface area contributed by atoms with E-state index in [9.17, 15) is 14.7 Å².